The van der Waals surface area contributed by atoms with Crippen molar-refractivity contribution in [2.75, 3.05) is 36.0 Å². The normalized spacial score (nSPS) is 22.8. The van der Waals surface area contributed by atoms with Crippen molar-refractivity contribution >= 4 is 23.4 Å². The number of nitrogens with zero attached hydrogens (tertiary/aromatic N) is 2. The maximum atomic E-state index is 14.9. The molecule has 1 aromatic rings. The van der Waals surface area contributed by atoms with E-state index in [2.05, 4.69) is 17.1 Å². The van der Waals surface area contributed by atoms with Crippen LogP contribution in [0.3, 0.4) is 0 Å². The molecule has 2 saturated heterocycles. The lowest BCUT2D eigenvalue weighted by Crippen LogP contribution is -2.39. The van der Waals surface area contributed by atoms with Crippen molar-refractivity contribution in [3.05, 3.63) is 17.9 Å². The summed E-state index contributed by atoms with van der Waals surface area (Å²) in [5.41, 5.74) is 0.909. The third-order valence-corrected chi connectivity index (χ3v) is 5.83. The molecule has 1 N–H and O–H groups in total. The van der Waals surface area contributed by atoms with Crippen LogP contribution in [0.5, 0.6) is 5.75 Å². The second-order valence-electron chi connectivity index (χ2n) is 7.95. The summed E-state index contributed by atoms with van der Waals surface area (Å²) < 4.78 is 26.0. The minimum atomic E-state index is -0.538. The lowest BCUT2D eigenvalue weighted by Gasteiger charge is -2.34. The van der Waals surface area contributed by atoms with Gasteiger partial charge in [0, 0.05) is 25.1 Å². The molecule has 0 spiro atoms. The molecule has 3 aliphatic rings. The van der Waals surface area contributed by atoms with Gasteiger partial charge in [0.1, 0.15) is 24.1 Å². The minimum absolute atomic E-state index is 0.0404. The van der Waals surface area contributed by atoms with E-state index in [4.69, 9.17) is 9.47 Å². The molecule has 0 unspecified atom stereocenters. The number of hydrogen-bond acceptors (Lipinski definition) is 5. The quantitative estimate of drug-likeness (QED) is 0.706. The van der Waals surface area contributed by atoms with E-state index in [0.717, 1.165) is 38.6 Å². The van der Waals surface area contributed by atoms with Crippen LogP contribution in [0.15, 0.2) is 12.1 Å². The van der Waals surface area contributed by atoms with Crippen LogP contribution in [-0.2, 0) is 9.53 Å². The Morgan fingerprint density at radius 2 is 2.21 bits per heavy atom. The van der Waals surface area contributed by atoms with E-state index < -0.39 is 12.2 Å². The van der Waals surface area contributed by atoms with Crippen molar-refractivity contribution in [2.24, 2.45) is 0 Å². The smallest absolute Gasteiger partial charge is 0.414 e. The second kappa shape index (κ2) is 8.47. The predicted octanol–water partition coefficient (Wildman–Crippen LogP) is 3.21. The Morgan fingerprint density at radius 1 is 1.34 bits per heavy atom. The third kappa shape index (κ3) is 4.11. The maximum absolute atomic E-state index is 14.9. The van der Waals surface area contributed by atoms with E-state index in [1.807, 2.05) is 0 Å². The number of unbranched alkanes of at least 4 members (excludes halogenated alkanes) is 2. The zero-order chi connectivity index (χ0) is 20.4. The van der Waals surface area contributed by atoms with E-state index in [-0.39, 0.29) is 30.9 Å². The highest BCUT2D eigenvalue weighted by Crippen LogP contribution is 2.42. The molecule has 0 aliphatic carbocycles. The van der Waals surface area contributed by atoms with Crippen LogP contribution in [-0.4, -0.2) is 50.4 Å². The molecule has 0 bridgehead atoms. The van der Waals surface area contributed by atoms with E-state index in [0.29, 0.717) is 30.2 Å². The molecule has 0 aromatic heterocycles. The number of carbonyl (C=O) groups excluding carboxylic acids is 2. The van der Waals surface area contributed by atoms with Gasteiger partial charge in [0.25, 0.3) is 0 Å². The number of cyclic esters (lactones) is 1. The van der Waals surface area contributed by atoms with Crippen LogP contribution in [0, 0.1) is 5.82 Å². The molecule has 2 amide bonds. The molecule has 1 aromatic carbocycles. The fourth-order valence-corrected chi connectivity index (χ4v) is 4.28. The molecule has 3 heterocycles. The number of hydrogen-bond donors (Lipinski definition) is 1. The van der Waals surface area contributed by atoms with E-state index >= 15 is 0 Å². The maximum Gasteiger partial charge on any atom is 0.414 e. The molecular formula is C21H28FN3O4. The van der Waals surface area contributed by atoms with Crippen LogP contribution < -0.4 is 19.9 Å². The highest BCUT2D eigenvalue weighted by molar-refractivity contribution is 5.91. The fraction of sp³-hybridized carbons (Fsp3) is 0.619. The molecule has 8 heteroatoms. The summed E-state index contributed by atoms with van der Waals surface area (Å²) >= 11 is 0. The van der Waals surface area contributed by atoms with Crippen molar-refractivity contribution in [3.63, 3.8) is 0 Å². The second-order valence-corrected chi connectivity index (χ2v) is 7.95. The van der Waals surface area contributed by atoms with E-state index in [9.17, 15) is 14.0 Å². The molecule has 29 heavy (non-hydrogen) atoms. The number of carbonyl (C=O) groups is 2. The number of ether oxygens (including phenoxy) is 2. The van der Waals surface area contributed by atoms with Gasteiger partial charge < -0.3 is 19.7 Å². The first-order valence-corrected chi connectivity index (χ1v) is 10.5. The predicted molar refractivity (Wildman–Crippen MR) is 107 cm³/mol. The van der Waals surface area contributed by atoms with Gasteiger partial charge in [-0.25, -0.2) is 9.18 Å². The van der Waals surface area contributed by atoms with Crippen molar-refractivity contribution in [3.8, 4) is 5.75 Å². The molecule has 0 saturated carbocycles. The Morgan fingerprint density at radius 3 is 3.03 bits per heavy atom. The molecule has 7 nitrogen and oxygen atoms in total. The number of halogens is 1. The van der Waals surface area contributed by atoms with Gasteiger partial charge in [0.2, 0.25) is 5.91 Å². The Hall–Kier alpha value is -2.51. The zero-order valence-electron chi connectivity index (χ0n) is 16.8. The summed E-state index contributed by atoms with van der Waals surface area (Å²) in [5, 5.41) is 2.81. The van der Waals surface area contributed by atoms with Gasteiger partial charge in [-0.2, -0.15) is 0 Å². The largest absolute Gasteiger partial charge is 0.489 e. The van der Waals surface area contributed by atoms with E-state index in [1.54, 1.807) is 6.07 Å². The van der Waals surface area contributed by atoms with Gasteiger partial charge in [0.15, 0.2) is 5.82 Å². The molecular weight excluding hydrogens is 377 g/mol. The highest BCUT2D eigenvalue weighted by atomic mass is 19.1. The number of rotatable bonds is 7. The summed E-state index contributed by atoms with van der Waals surface area (Å²) in [4.78, 5) is 27.7. The third-order valence-electron chi connectivity index (χ3n) is 5.83. The summed E-state index contributed by atoms with van der Waals surface area (Å²) in [5.74, 6) is 0.0459. The first-order valence-electron chi connectivity index (χ1n) is 10.5. The minimum Gasteiger partial charge on any atom is -0.489 e. The number of nitrogens with one attached hydrogen (secondary N) is 1. The lowest BCUT2D eigenvalue weighted by atomic mass is 10.1. The number of fused-ring (bicyclic) bond motifs is 3. The Balaban J connectivity index is 1.40. The molecule has 2 atom stereocenters. The molecule has 2 fully saturated rings. The topological polar surface area (TPSA) is 71.1 Å². The van der Waals surface area contributed by atoms with Gasteiger partial charge in [0.05, 0.1) is 24.8 Å². The van der Waals surface area contributed by atoms with Crippen molar-refractivity contribution in [1.82, 2.24) is 5.32 Å². The van der Waals surface area contributed by atoms with Crippen molar-refractivity contribution < 1.29 is 23.5 Å². The number of anilines is 2. The van der Waals surface area contributed by atoms with Gasteiger partial charge in [-0.05, 0) is 19.3 Å². The highest BCUT2D eigenvalue weighted by Gasteiger charge is 2.37. The summed E-state index contributed by atoms with van der Waals surface area (Å²) in [6.07, 6.45) is 4.44. The lowest BCUT2D eigenvalue weighted by molar-refractivity contribution is -0.121. The van der Waals surface area contributed by atoms with Gasteiger partial charge in [-0.3, -0.25) is 9.69 Å². The zero-order valence-corrected chi connectivity index (χ0v) is 16.8. The first kappa shape index (κ1) is 19.8. The Bertz CT molecular complexity index is 787. The fourth-order valence-electron chi connectivity index (χ4n) is 4.28. The van der Waals surface area contributed by atoms with Crippen LogP contribution in [0.1, 0.15) is 45.4 Å². The Labute approximate surface area is 170 Å². The standard InChI is InChI=1S/C21H28FN3O4/c1-2-3-4-7-19(26)23-11-16-12-25(21(27)29-16)15-9-17(22)20-18(10-15)28-13-14-6-5-8-24(14)20/h9-10,14,16H,2-8,11-13H2,1H3,(H,23,26)/t14-,16-/m0/s1. The molecule has 3 aliphatic heterocycles. The van der Waals surface area contributed by atoms with Crippen molar-refractivity contribution in [1.29, 1.82) is 0 Å². The van der Waals surface area contributed by atoms with Crippen molar-refractivity contribution in [2.45, 2.75) is 57.6 Å². The monoisotopic (exact) mass is 405 g/mol. The Kier molecular flexibility index (Phi) is 5.78. The number of benzene rings is 1. The van der Waals surface area contributed by atoms with Crippen LogP contribution >= 0.6 is 0 Å². The molecule has 0 radical (unpaired) electrons. The van der Waals surface area contributed by atoms with Gasteiger partial charge in [-0.1, -0.05) is 19.8 Å². The first-order chi connectivity index (χ1) is 14.1. The number of amides is 2. The van der Waals surface area contributed by atoms with Gasteiger partial charge >= 0.3 is 6.09 Å². The summed E-state index contributed by atoms with van der Waals surface area (Å²) in [7, 11) is 0. The SMILES string of the molecule is CCCCCC(=O)NC[C@H]1CN(c2cc(F)c3c(c2)OC[C@@H]2CCCN32)C(=O)O1. The summed E-state index contributed by atoms with van der Waals surface area (Å²) in [6, 6.07) is 3.31. The van der Waals surface area contributed by atoms with E-state index in [1.165, 1.54) is 11.0 Å². The molecule has 158 valence electrons. The van der Waals surface area contributed by atoms with Crippen LogP contribution in [0.2, 0.25) is 0 Å². The van der Waals surface area contributed by atoms with Gasteiger partial charge in [-0.15, -0.1) is 0 Å². The summed E-state index contributed by atoms with van der Waals surface area (Å²) in [6.45, 7) is 3.96. The van der Waals surface area contributed by atoms with Crippen LogP contribution in [0.25, 0.3) is 0 Å². The van der Waals surface area contributed by atoms with Crippen LogP contribution in [0.4, 0.5) is 20.6 Å². The average Bonchev–Trinajstić information content (AvgIpc) is 3.32. The average molecular weight is 405 g/mol. The molecule has 4 rings (SSSR count).